The van der Waals surface area contributed by atoms with E-state index in [4.69, 9.17) is 4.74 Å². The van der Waals surface area contributed by atoms with Crippen molar-refractivity contribution in [2.75, 3.05) is 13.2 Å². The Balaban J connectivity index is 0. The average molecular weight is 542 g/mol. The Kier molecular flexibility index (Phi) is 42.3. The molecule has 221 valence electrons. The van der Waals surface area contributed by atoms with Gasteiger partial charge in [-0.2, -0.15) is 0 Å². The second-order valence-corrected chi connectivity index (χ2v) is 11.5. The van der Waals surface area contributed by atoms with Crippen LogP contribution in [0.3, 0.4) is 0 Å². The normalized spacial score (nSPS) is 11.6. The van der Waals surface area contributed by atoms with Gasteiger partial charge in [0.2, 0.25) is 0 Å². The molecule has 0 saturated heterocycles. The van der Waals surface area contributed by atoms with Crippen LogP contribution in [-0.2, 0) is 4.74 Å². The number of unbranched alkanes of at least 4 members (excludes halogenated alkanes) is 24. The Morgan fingerprint density at radius 1 is 0.316 bits per heavy atom. The van der Waals surface area contributed by atoms with Gasteiger partial charge in [-0.05, 0) is 64.2 Å². The maximum absolute atomic E-state index is 5.85. The molecule has 0 saturated carbocycles. The van der Waals surface area contributed by atoms with Crippen molar-refractivity contribution in [2.24, 2.45) is 0 Å². The van der Waals surface area contributed by atoms with Crippen LogP contribution in [0.5, 0.6) is 0 Å². The molecular formula is C36H70NaO. The third kappa shape index (κ3) is 38.6. The largest absolute Gasteiger partial charge is 0.381 e. The maximum Gasteiger partial charge on any atom is 0.0466 e. The molecular weight excluding hydrogens is 471 g/mol. The molecule has 38 heavy (non-hydrogen) atoms. The molecule has 1 nitrogen and oxygen atoms in total. The fraction of sp³-hybridized carbons (Fsp3) is 0.889. The van der Waals surface area contributed by atoms with Crippen molar-refractivity contribution in [2.45, 2.75) is 194 Å². The Hall–Kier alpha value is 0.440. The molecule has 0 aliphatic carbocycles. The number of hydrogen-bond acceptors (Lipinski definition) is 1. The first-order chi connectivity index (χ1) is 18.4. The van der Waals surface area contributed by atoms with E-state index in [1.807, 2.05) is 0 Å². The van der Waals surface area contributed by atoms with Gasteiger partial charge < -0.3 is 4.74 Å². The molecule has 0 unspecified atom stereocenters. The summed E-state index contributed by atoms with van der Waals surface area (Å²) in [6.07, 6.45) is 48.1. The van der Waals surface area contributed by atoms with Gasteiger partial charge in [0.05, 0.1) is 0 Å². The minimum atomic E-state index is 0. The Morgan fingerprint density at radius 2 is 0.553 bits per heavy atom. The molecule has 0 heterocycles. The van der Waals surface area contributed by atoms with Crippen molar-refractivity contribution >= 4 is 29.6 Å². The van der Waals surface area contributed by atoms with Crippen LogP contribution in [-0.4, -0.2) is 42.8 Å². The average Bonchev–Trinajstić information content (AvgIpc) is 2.91. The van der Waals surface area contributed by atoms with Crippen LogP contribution in [0.25, 0.3) is 0 Å². The molecule has 0 atom stereocenters. The van der Waals surface area contributed by atoms with Crippen LogP contribution in [0.4, 0.5) is 0 Å². The predicted octanol–water partition coefficient (Wildman–Crippen LogP) is 12.7. The van der Waals surface area contributed by atoms with Gasteiger partial charge in [0.1, 0.15) is 0 Å². The molecule has 0 aromatic carbocycles. The number of allylic oxidation sites excluding steroid dienone is 4. The minimum absolute atomic E-state index is 0. The van der Waals surface area contributed by atoms with E-state index in [1.165, 1.54) is 180 Å². The van der Waals surface area contributed by atoms with E-state index < -0.39 is 0 Å². The van der Waals surface area contributed by atoms with Gasteiger partial charge >= 0.3 is 0 Å². The molecule has 0 aromatic heterocycles. The van der Waals surface area contributed by atoms with Crippen LogP contribution in [0.15, 0.2) is 24.3 Å². The van der Waals surface area contributed by atoms with Gasteiger partial charge in [-0.15, -0.1) is 0 Å². The summed E-state index contributed by atoms with van der Waals surface area (Å²) in [5.74, 6) is 0. The van der Waals surface area contributed by atoms with Crippen molar-refractivity contribution in [3.05, 3.63) is 24.3 Å². The fourth-order valence-electron chi connectivity index (χ4n) is 5.01. The van der Waals surface area contributed by atoms with Crippen LogP contribution >= 0.6 is 0 Å². The van der Waals surface area contributed by atoms with Crippen molar-refractivity contribution in [3.63, 3.8) is 0 Å². The first-order valence-electron chi connectivity index (χ1n) is 17.3. The summed E-state index contributed by atoms with van der Waals surface area (Å²) < 4.78 is 5.85. The summed E-state index contributed by atoms with van der Waals surface area (Å²) in [7, 11) is 0. The van der Waals surface area contributed by atoms with Gasteiger partial charge in [-0.25, -0.2) is 0 Å². The van der Waals surface area contributed by atoms with E-state index in [0.717, 1.165) is 13.2 Å². The quantitative estimate of drug-likeness (QED) is 0.0467. The van der Waals surface area contributed by atoms with Crippen molar-refractivity contribution in [3.8, 4) is 0 Å². The van der Waals surface area contributed by atoms with E-state index in [0.29, 0.717) is 0 Å². The maximum atomic E-state index is 5.85. The molecule has 2 heteroatoms. The molecule has 0 fully saturated rings. The number of rotatable bonds is 32. The molecule has 0 N–H and O–H groups in total. The van der Waals surface area contributed by atoms with E-state index in [1.54, 1.807) is 0 Å². The topological polar surface area (TPSA) is 9.23 Å². The van der Waals surface area contributed by atoms with E-state index >= 15 is 0 Å². The van der Waals surface area contributed by atoms with Crippen molar-refractivity contribution in [1.82, 2.24) is 0 Å². The molecule has 0 rings (SSSR count). The Morgan fingerprint density at radius 3 is 0.842 bits per heavy atom. The Labute approximate surface area is 264 Å². The van der Waals surface area contributed by atoms with Crippen molar-refractivity contribution < 1.29 is 4.74 Å². The third-order valence-corrected chi connectivity index (χ3v) is 7.60. The molecule has 1 radical (unpaired) electrons. The zero-order valence-electron chi connectivity index (χ0n) is 26.9. The van der Waals surface area contributed by atoms with E-state index in [2.05, 4.69) is 38.2 Å². The zero-order chi connectivity index (χ0) is 26.7. The van der Waals surface area contributed by atoms with Crippen LogP contribution in [0, 0.1) is 0 Å². The van der Waals surface area contributed by atoms with Gasteiger partial charge in [0, 0.05) is 42.8 Å². The third-order valence-electron chi connectivity index (χ3n) is 7.60. The number of ether oxygens (including phenoxy) is 1. The Bertz CT molecular complexity index is 405. The van der Waals surface area contributed by atoms with Gasteiger partial charge in [0.25, 0.3) is 0 Å². The first kappa shape index (κ1) is 40.6. The first-order valence-corrected chi connectivity index (χ1v) is 17.3. The second-order valence-electron chi connectivity index (χ2n) is 11.5. The van der Waals surface area contributed by atoms with Crippen molar-refractivity contribution in [1.29, 1.82) is 0 Å². The number of hydrogen-bond donors (Lipinski definition) is 0. The molecule has 0 amide bonds. The summed E-state index contributed by atoms with van der Waals surface area (Å²) in [6, 6.07) is 0. The molecule has 0 bridgehead atoms. The SMILES string of the molecule is CCCCCCCC/C=C\CCCCCCCCOCCCCCCCC/C=C\CCCCCCCC.[Na]. The summed E-state index contributed by atoms with van der Waals surface area (Å²) in [4.78, 5) is 0. The van der Waals surface area contributed by atoms with E-state index in [-0.39, 0.29) is 29.6 Å². The van der Waals surface area contributed by atoms with Crippen LogP contribution in [0.1, 0.15) is 194 Å². The zero-order valence-corrected chi connectivity index (χ0v) is 28.9. The van der Waals surface area contributed by atoms with Gasteiger partial charge in [-0.1, -0.05) is 154 Å². The van der Waals surface area contributed by atoms with Crippen LogP contribution < -0.4 is 0 Å². The van der Waals surface area contributed by atoms with E-state index in [9.17, 15) is 0 Å². The summed E-state index contributed by atoms with van der Waals surface area (Å²) in [5, 5.41) is 0. The fourth-order valence-corrected chi connectivity index (χ4v) is 5.01. The minimum Gasteiger partial charge on any atom is -0.381 e. The van der Waals surface area contributed by atoms with Gasteiger partial charge in [0.15, 0.2) is 0 Å². The predicted molar refractivity (Wildman–Crippen MR) is 175 cm³/mol. The summed E-state index contributed by atoms with van der Waals surface area (Å²) in [5.41, 5.74) is 0. The summed E-state index contributed by atoms with van der Waals surface area (Å²) in [6.45, 7) is 6.54. The molecule has 0 aliphatic heterocycles. The monoisotopic (exact) mass is 542 g/mol. The molecule has 0 spiro atoms. The van der Waals surface area contributed by atoms with Crippen LogP contribution in [0.2, 0.25) is 0 Å². The molecule has 0 aromatic rings. The molecule has 0 aliphatic rings. The standard InChI is InChI=1S/C36H70O.Na/c1-3-5-7-9-11-13-15-17-19-21-23-25-27-29-31-33-35-37-36-34-32-30-28-26-24-22-20-18-16-14-12-10-8-6-4-2;/h17-20H,3-16,21-36H2,1-2H3;/b19-17-,20-18-;. The van der Waals surface area contributed by atoms with Gasteiger partial charge in [-0.3, -0.25) is 0 Å². The second kappa shape index (κ2) is 39.6. The smallest absolute Gasteiger partial charge is 0.0466 e. The summed E-state index contributed by atoms with van der Waals surface area (Å²) >= 11 is 0.